The zero-order valence-electron chi connectivity index (χ0n) is 20.3. The molecule has 2 fully saturated rings. The summed E-state index contributed by atoms with van der Waals surface area (Å²) in [5.41, 5.74) is 5.96. The minimum Gasteiger partial charge on any atom is -0.372 e. The first-order valence-corrected chi connectivity index (χ1v) is 14.2. The molecule has 2 saturated heterocycles. The van der Waals surface area contributed by atoms with Crippen LogP contribution in [0.4, 0.5) is 16.2 Å². The first kappa shape index (κ1) is 24.3. The fraction of sp³-hybridized carbons (Fsp3) is 0.519. The van der Waals surface area contributed by atoms with Crippen molar-refractivity contribution < 1.29 is 4.79 Å². The van der Waals surface area contributed by atoms with E-state index in [1.165, 1.54) is 35.2 Å². The highest BCUT2D eigenvalue weighted by molar-refractivity contribution is 8.20. The Bertz CT molecular complexity index is 920. The van der Waals surface area contributed by atoms with Gasteiger partial charge in [-0.15, -0.1) is 23.5 Å². The summed E-state index contributed by atoms with van der Waals surface area (Å²) in [6, 6.07) is 15.3. The van der Waals surface area contributed by atoms with Gasteiger partial charge in [-0.25, -0.2) is 4.79 Å². The molecule has 2 aromatic carbocycles. The number of hydrogen-bond acceptors (Lipinski definition) is 4. The molecule has 0 bridgehead atoms. The second kappa shape index (κ2) is 10.6. The molecule has 0 saturated carbocycles. The van der Waals surface area contributed by atoms with E-state index >= 15 is 0 Å². The molecule has 2 aliphatic heterocycles. The molecule has 2 aliphatic rings. The molecule has 0 aliphatic carbocycles. The number of thioether (sulfide) groups is 2. The smallest absolute Gasteiger partial charge is 0.319 e. The summed E-state index contributed by atoms with van der Waals surface area (Å²) in [6.07, 6.45) is 2.57. The number of urea groups is 1. The number of nitrogens with one attached hydrogen (secondary N) is 2. The highest BCUT2D eigenvalue weighted by Gasteiger charge is 2.38. The van der Waals surface area contributed by atoms with Gasteiger partial charge in [0, 0.05) is 42.5 Å². The van der Waals surface area contributed by atoms with Gasteiger partial charge in [-0.05, 0) is 53.5 Å². The van der Waals surface area contributed by atoms with E-state index in [1.54, 1.807) is 0 Å². The van der Waals surface area contributed by atoms with Crippen LogP contribution >= 0.6 is 23.5 Å². The molecular formula is C27H37N3OS2. The molecule has 6 heteroatoms. The van der Waals surface area contributed by atoms with Gasteiger partial charge in [0.2, 0.25) is 0 Å². The second-order valence-electron chi connectivity index (χ2n) is 9.62. The molecule has 0 spiro atoms. The molecule has 178 valence electrons. The standard InChI is InChI=1S/C27H37N3OS2/c1-19(2)23-8-7-9-24(20(3)4)25(23)29-26(31)28-18-27(32-16-17-33-27)21-10-12-22(13-11-21)30-14-5-6-15-30/h7-13,19-20H,5-6,14-18H2,1-4H3,(H2,28,29,31). The lowest BCUT2D eigenvalue weighted by Crippen LogP contribution is -2.38. The topological polar surface area (TPSA) is 44.4 Å². The minimum atomic E-state index is -0.126. The first-order valence-electron chi connectivity index (χ1n) is 12.2. The van der Waals surface area contributed by atoms with Gasteiger partial charge in [-0.3, -0.25) is 0 Å². The molecule has 2 aromatic rings. The Morgan fingerprint density at radius 1 is 0.939 bits per heavy atom. The Kier molecular flexibility index (Phi) is 7.85. The lowest BCUT2D eigenvalue weighted by Gasteiger charge is -2.29. The maximum absolute atomic E-state index is 13.1. The van der Waals surface area contributed by atoms with Crippen LogP contribution < -0.4 is 15.5 Å². The number of carbonyl (C=O) groups excluding carboxylic acids is 1. The Morgan fingerprint density at radius 2 is 1.52 bits per heavy atom. The summed E-state index contributed by atoms with van der Waals surface area (Å²) in [5, 5.41) is 6.42. The second-order valence-corrected chi connectivity index (χ2v) is 12.7. The molecule has 2 N–H and O–H groups in total. The Balaban J connectivity index is 1.47. The number of amides is 2. The Morgan fingerprint density at radius 3 is 2.06 bits per heavy atom. The minimum absolute atomic E-state index is 0.119. The van der Waals surface area contributed by atoms with Crippen LogP contribution in [0.15, 0.2) is 42.5 Å². The predicted octanol–water partition coefficient (Wildman–Crippen LogP) is 6.99. The van der Waals surface area contributed by atoms with Crippen LogP contribution in [0.5, 0.6) is 0 Å². The molecule has 0 unspecified atom stereocenters. The highest BCUT2D eigenvalue weighted by Crippen LogP contribution is 2.51. The van der Waals surface area contributed by atoms with Gasteiger partial charge in [-0.2, -0.15) is 0 Å². The third-order valence-corrected chi connectivity index (χ3v) is 10.1. The summed E-state index contributed by atoms with van der Waals surface area (Å²) in [4.78, 5) is 15.5. The largest absolute Gasteiger partial charge is 0.372 e. The molecule has 4 rings (SSSR count). The molecular weight excluding hydrogens is 446 g/mol. The van der Waals surface area contributed by atoms with Crippen molar-refractivity contribution in [1.82, 2.24) is 5.32 Å². The van der Waals surface area contributed by atoms with E-state index in [0.29, 0.717) is 18.4 Å². The van der Waals surface area contributed by atoms with Gasteiger partial charge in [0.25, 0.3) is 0 Å². The van der Waals surface area contributed by atoms with Crippen molar-refractivity contribution in [2.24, 2.45) is 0 Å². The molecule has 0 radical (unpaired) electrons. The van der Waals surface area contributed by atoms with Gasteiger partial charge in [-0.1, -0.05) is 58.0 Å². The van der Waals surface area contributed by atoms with Gasteiger partial charge in [0.15, 0.2) is 0 Å². The molecule has 0 atom stereocenters. The third-order valence-electron chi connectivity index (χ3n) is 6.63. The van der Waals surface area contributed by atoms with Gasteiger partial charge in [0.05, 0.1) is 0 Å². The van der Waals surface area contributed by atoms with Crippen LogP contribution in [0.1, 0.15) is 69.1 Å². The van der Waals surface area contributed by atoms with Crippen molar-refractivity contribution in [2.45, 2.75) is 56.5 Å². The van der Waals surface area contributed by atoms with E-state index in [0.717, 1.165) is 30.3 Å². The zero-order valence-corrected chi connectivity index (χ0v) is 22.0. The summed E-state index contributed by atoms with van der Waals surface area (Å²) in [5.74, 6) is 2.91. The lowest BCUT2D eigenvalue weighted by atomic mass is 9.93. The Hall–Kier alpha value is -1.79. The fourth-order valence-electron chi connectivity index (χ4n) is 4.78. The van der Waals surface area contributed by atoms with Crippen LogP contribution in [-0.2, 0) is 4.08 Å². The average molecular weight is 484 g/mol. The Labute approximate surface area is 207 Å². The van der Waals surface area contributed by atoms with Crippen molar-refractivity contribution >= 4 is 40.9 Å². The third kappa shape index (κ3) is 5.48. The van der Waals surface area contributed by atoms with E-state index in [-0.39, 0.29) is 10.1 Å². The SMILES string of the molecule is CC(C)c1cccc(C(C)C)c1NC(=O)NCC1(c2ccc(N3CCCC3)cc2)SCCS1. The first-order chi connectivity index (χ1) is 15.9. The van der Waals surface area contributed by atoms with Crippen molar-refractivity contribution in [2.75, 3.05) is 41.4 Å². The van der Waals surface area contributed by atoms with E-state index in [2.05, 4.69) is 85.7 Å². The zero-order chi connectivity index (χ0) is 23.4. The van der Waals surface area contributed by atoms with Crippen LogP contribution in [0.3, 0.4) is 0 Å². The highest BCUT2D eigenvalue weighted by atomic mass is 32.2. The van der Waals surface area contributed by atoms with Crippen molar-refractivity contribution in [1.29, 1.82) is 0 Å². The maximum Gasteiger partial charge on any atom is 0.319 e. The molecule has 33 heavy (non-hydrogen) atoms. The summed E-state index contributed by atoms with van der Waals surface area (Å²) in [6.45, 7) is 11.6. The predicted molar refractivity (Wildman–Crippen MR) is 146 cm³/mol. The molecule has 2 amide bonds. The normalized spacial score (nSPS) is 17.7. The van der Waals surface area contributed by atoms with E-state index in [4.69, 9.17) is 0 Å². The number of carbonyl (C=O) groups is 1. The summed E-state index contributed by atoms with van der Waals surface area (Å²) < 4.78 is -0.126. The number of anilines is 2. The van der Waals surface area contributed by atoms with E-state index < -0.39 is 0 Å². The van der Waals surface area contributed by atoms with Crippen molar-refractivity contribution in [3.05, 3.63) is 59.2 Å². The monoisotopic (exact) mass is 483 g/mol. The van der Waals surface area contributed by atoms with Crippen LogP contribution in [0.2, 0.25) is 0 Å². The number of hydrogen-bond donors (Lipinski definition) is 2. The van der Waals surface area contributed by atoms with Gasteiger partial charge >= 0.3 is 6.03 Å². The summed E-state index contributed by atoms with van der Waals surface area (Å²) >= 11 is 3.90. The van der Waals surface area contributed by atoms with Crippen molar-refractivity contribution in [3.8, 4) is 0 Å². The average Bonchev–Trinajstić information content (AvgIpc) is 3.51. The van der Waals surface area contributed by atoms with E-state index in [9.17, 15) is 4.79 Å². The number of nitrogens with zero attached hydrogens (tertiary/aromatic N) is 1. The van der Waals surface area contributed by atoms with E-state index in [1.807, 2.05) is 23.5 Å². The van der Waals surface area contributed by atoms with Crippen LogP contribution in [0, 0.1) is 0 Å². The fourth-order valence-corrected chi connectivity index (χ4v) is 7.89. The quantitative estimate of drug-likeness (QED) is 0.445. The van der Waals surface area contributed by atoms with Gasteiger partial charge in [0.1, 0.15) is 4.08 Å². The van der Waals surface area contributed by atoms with Crippen LogP contribution in [0.25, 0.3) is 0 Å². The molecule has 2 heterocycles. The lowest BCUT2D eigenvalue weighted by molar-refractivity contribution is 0.252. The van der Waals surface area contributed by atoms with Crippen molar-refractivity contribution in [3.63, 3.8) is 0 Å². The van der Waals surface area contributed by atoms with Crippen LogP contribution in [-0.4, -0.2) is 37.2 Å². The number of para-hydroxylation sites is 1. The summed E-state index contributed by atoms with van der Waals surface area (Å²) in [7, 11) is 0. The molecule has 4 nitrogen and oxygen atoms in total. The maximum atomic E-state index is 13.1. The number of benzene rings is 2. The number of rotatable bonds is 7. The molecule has 0 aromatic heterocycles. The van der Waals surface area contributed by atoms with Gasteiger partial charge < -0.3 is 15.5 Å².